The number of hydrogen-bond acceptors (Lipinski definition) is 2. The Kier molecular flexibility index (Phi) is 9.82. The number of halogens is 3. The molecule has 5 nitrogen and oxygen atoms in total. The van der Waals surface area contributed by atoms with Crippen molar-refractivity contribution in [3.8, 4) is 0 Å². The number of piperidine rings is 1. The molecule has 1 amide bonds. The lowest BCUT2D eigenvalue weighted by atomic mass is 9.95. The lowest BCUT2D eigenvalue weighted by molar-refractivity contribution is -0.119. The second kappa shape index (κ2) is 11.3. The molecule has 2 rings (SSSR count). The lowest BCUT2D eigenvalue weighted by Gasteiger charge is -2.34. The van der Waals surface area contributed by atoms with E-state index in [-0.39, 0.29) is 35.8 Å². The summed E-state index contributed by atoms with van der Waals surface area (Å²) >= 11 is 0. The Morgan fingerprint density at radius 2 is 2.19 bits per heavy atom. The van der Waals surface area contributed by atoms with Gasteiger partial charge >= 0.3 is 0 Å². The number of amides is 1. The molecule has 0 spiro atoms. The smallest absolute Gasteiger partial charge is 0.217 e. The van der Waals surface area contributed by atoms with Crippen molar-refractivity contribution >= 4 is 35.8 Å². The van der Waals surface area contributed by atoms with Crippen LogP contribution in [0.4, 0.5) is 8.78 Å². The summed E-state index contributed by atoms with van der Waals surface area (Å²) in [5.74, 6) is -0.168. The first-order valence-corrected chi connectivity index (χ1v) is 8.75. The summed E-state index contributed by atoms with van der Waals surface area (Å²) in [5, 5.41) is 3.23. The van der Waals surface area contributed by atoms with Gasteiger partial charge in [0.05, 0.1) is 0 Å². The molecule has 0 radical (unpaired) electrons. The van der Waals surface area contributed by atoms with Crippen molar-refractivity contribution in [2.45, 2.75) is 32.6 Å². The van der Waals surface area contributed by atoms with Crippen LogP contribution in [0.25, 0.3) is 0 Å². The minimum absolute atomic E-state index is 0. The zero-order valence-electron chi connectivity index (χ0n) is 15.0. The van der Waals surface area contributed by atoms with Gasteiger partial charge < -0.3 is 16.0 Å². The molecule has 1 saturated heterocycles. The Balaban J connectivity index is 0.00000338. The predicted molar refractivity (Wildman–Crippen MR) is 110 cm³/mol. The fourth-order valence-corrected chi connectivity index (χ4v) is 3.15. The normalized spacial score (nSPS) is 17.6. The van der Waals surface area contributed by atoms with Gasteiger partial charge in [0.15, 0.2) is 5.96 Å². The van der Waals surface area contributed by atoms with Gasteiger partial charge in [-0.1, -0.05) is 0 Å². The maximum Gasteiger partial charge on any atom is 0.217 e. The van der Waals surface area contributed by atoms with Crippen LogP contribution in [0.1, 0.15) is 31.7 Å². The number of hydrogen-bond donors (Lipinski definition) is 2. The predicted octanol–water partition coefficient (Wildman–Crippen LogP) is 2.68. The van der Waals surface area contributed by atoms with E-state index in [0.29, 0.717) is 31.5 Å². The number of rotatable bonds is 6. The maximum atomic E-state index is 13.7. The van der Waals surface area contributed by atoms with Crippen LogP contribution in [0.15, 0.2) is 23.2 Å². The number of nitrogens with one attached hydrogen (secondary N) is 1. The summed E-state index contributed by atoms with van der Waals surface area (Å²) in [5.41, 5.74) is 5.63. The minimum atomic E-state index is -0.447. The van der Waals surface area contributed by atoms with Gasteiger partial charge in [0, 0.05) is 32.6 Å². The number of primary amides is 1. The van der Waals surface area contributed by atoms with Crippen LogP contribution >= 0.6 is 24.0 Å². The van der Waals surface area contributed by atoms with Crippen molar-refractivity contribution in [2.75, 3.05) is 26.2 Å². The average Bonchev–Trinajstić information content (AvgIpc) is 2.57. The zero-order valence-corrected chi connectivity index (χ0v) is 17.3. The third kappa shape index (κ3) is 7.05. The summed E-state index contributed by atoms with van der Waals surface area (Å²) in [6, 6.07) is 3.46. The molecule has 1 aromatic rings. The molecular formula is C18H27F2IN4O. The highest BCUT2D eigenvalue weighted by atomic mass is 127. The van der Waals surface area contributed by atoms with Crippen molar-refractivity contribution in [3.63, 3.8) is 0 Å². The molecule has 0 aromatic heterocycles. The first-order chi connectivity index (χ1) is 12.0. The number of benzene rings is 1. The highest BCUT2D eigenvalue weighted by Crippen LogP contribution is 2.19. The van der Waals surface area contributed by atoms with Crippen LogP contribution in [0.2, 0.25) is 0 Å². The van der Waals surface area contributed by atoms with E-state index in [1.807, 2.05) is 6.92 Å². The first kappa shape index (κ1) is 22.6. The monoisotopic (exact) mass is 480 g/mol. The van der Waals surface area contributed by atoms with Crippen LogP contribution in [-0.2, 0) is 11.2 Å². The molecule has 1 unspecified atom stereocenters. The highest BCUT2D eigenvalue weighted by Gasteiger charge is 2.23. The van der Waals surface area contributed by atoms with E-state index >= 15 is 0 Å². The van der Waals surface area contributed by atoms with E-state index < -0.39 is 11.6 Å². The van der Waals surface area contributed by atoms with E-state index in [1.165, 1.54) is 6.07 Å². The van der Waals surface area contributed by atoms with Crippen LogP contribution in [-0.4, -0.2) is 42.9 Å². The molecule has 26 heavy (non-hydrogen) atoms. The topological polar surface area (TPSA) is 70.7 Å². The second-order valence-corrected chi connectivity index (χ2v) is 6.35. The number of aliphatic imine (C=N–C) groups is 1. The first-order valence-electron chi connectivity index (χ1n) is 8.75. The van der Waals surface area contributed by atoms with Gasteiger partial charge in [0.25, 0.3) is 0 Å². The third-order valence-corrected chi connectivity index (χ3v) is 4.29. The van der Waals surface area contributed by atoms with Gasteiger partial charge in [0.2, 0.25) is 5.91 Å². The van der Waals surface area contributed by atoms with E-state index in [2.05, 4.69) is 15.2 Å². The van der Waals surface area contributed by atoms with Crippen molar-refractivity contribution in [1.29, 1.82) is 0 Å². The molecule has 0 aliphatic carbocycles. The lowest BCUT2D eigenvalue weighted by Crippen LogP contribution is -2.47. The number of carbonyl (C=O) groups is 1. The van der Waals surface area contributed by atoms with E-state index in [9.17, 15) is 13.6 Å². The van der Waals surface area contributed by atoms with Crippen molar-refractivity contribution in [1.82, 2.24) is 10.2 Å². The molecule has 8 heteroatoms. The second-order valence-electron chi connectivity index (χ2n) is 6.35. The number of nitrogens with two attached hydrogens (primary N) is 1. The molecule has 146 valence electrons. The van der Waals surface area contributed by atoms with Crippen molar-refractivity contribution in [2.24, 2.45) is 16.6 Å². The van der Waals surface area contributed by atoms with Gasteiger partial charge in [-0.05, 0) is 55.9 Å². The van der Waals surface area contributed by atoms with E-state index in [1.54, 1.807) is 0 Å². The number of nitrogens with zero attached hydrogens (tertiary/aromatic N) is 2. The minimum Gasteiger partial charge on any atom is -0.370 e. The van der Waals surface area contributed by atoms with Crippen LogP contribution in [0.5, 0.6) is 0 Å². The van der Waals surface area contributed by atoms with Gasteiger partial charge in [-0.3, -0.25) is 9.79 Å². The van der Waals surface area contributed by atoms with E-state index in [4.69, 9.17) is 5.73 Å². The standard InChI is InChI=1S/C18H26F2N4O.HI/c1-2-22-18(24-9-3-4-13(12-24)10-17(21)25)23-8-7-14-11-15(19)5-6-16(14)20;/h5-6,11,13H,2-4,7-10,12H2,1H3,(H2,21,25)(H,22,23);1H. The van der Waals surface area contributed by atoms with Crippen LogP contribution < -0.4 is 11.1 Å². The summed E-state index contributed by atoms with van der Waals surface area (Å²) in [7, 11) is 0. The third-order valence-electron chi connectivity index (χ3n) is 4.29. The Hall–Kier alpha value is -1.45. The molecule has 1 heterocycles. The number of guanidine groups is 1. The molecule has 1 aliphatic heterocycles. The number of carbonyl (C=O) groups excluding carboxylic acids is 1. The van der Waals surface area contributed by atoms with Gasteiger partial charge in [-0.25, -0.2) is 8.78 Å². The van der Waals surface area contributed by atoms with Crippen LogP contribution in [0.3, 0.4) is 0 Å². The zero-order chi connectivity index (χ0) is 18.2. The highest BCUT2D eigenvalue weighted by molar-refractivity contribution is 14.0. The Morgan fingerprint density at radius 1 is 1.42 bits per heavy atom. The molecule has 0 bridgehead atoms. The average molecular weight is 480 g/mol. The van der Waals surface area contributed by atoms with Gasteiger partial charge in [0.1, 0.15) is 11.6 Å². The fourth-order valence-electron chi connectivity index (χ4n) is 3.15. The molecule has 1 atom stereocenters. The van der Waals surface area contributed by atoms with Crippen molar-refractivity contribution in [3.05, 3.63) is 35.4 Å². The molecule has 3 N–H and O–H groups in total. The van der Waals surface area contributed by atoms with Crippen molar-refractivity contribution < 1.29 is 13.6 Å². The summed E-state index contributed by atoms with van der Waals surface area (Å²) in [6.45, 7) is 4.63. The Bertz CT molecular complexity index is 627. The van der Waals surface area contributed by atoms with E-state index in [0.717, 1.165) is 44.0 Å². The Morgan fingerprint density at radius 3 is 2.88 bits per heavy atom. The molecule has 1 aliphatic rings. The fraction of sp³-hybridized carbons (Fsp3) is 0.556. The quantitative estimate of drug-likeness (QED) is 0.374. The number of likely N-dealkylation sites (tertiary alicyclic amines) is 1. The molecular weight excluding hydrogens is 453 g/mol. The largest absolute Gasteiger partial charge is 0.370 e. The van der Waals surface area contributed by atoms with Gasteiger partial charge in [-0.15, -0.1) is 24.0 Å². The SMILES string of the molecule is CCNC(=NCCc1cc(F)ccc1F)N1CCCC(CC(N)=O)C1.I. The Labute approximate surface area is 170 Å². The molecule has 1 fully saturated rings. The maximum absolute atomic E-state index is 13.7. The molecule has 1 aromatic carbocycles. The molecule has 0 saturated carbocycles. The summed E-state index contributed by atoms with van der Waals surface area (Å²) in [4.78, 5) is 17.8. The summed E-state index contributed by atoms with van der Waals surface area (Å²) in [6.07, 6.45) is 2.66. The van der Waals surface area contributed by atoms with Gasteiger partial charge in [-0.2, -0.15) is 0 Å². The van der Waals surface area contributed by atoms with Crippen LogP contribution in [0, 0.1) is 17.6 Å². The summed E-state index contributed by atoms with van der Waals surface area (Å²) < 4.78 is 26.9.